The van der Waals surface area contributed by atoms with Crippen molar-refractivity contribution in [1.29, 1.82) is 0 Å². The Morgan fingerprint density at radius 2 is 1.69 bits per heavy atom. The zero-order valence-corrected chi connectivity index (χ0v) is 9.53. The van der Waals surface area contributed by atoms with E-state index in [2.05, 4.69) is 0 Å². The third kappa shape index (κ3) is 2.19. The molecule has 0 amide bonds. The molecule has 0 fully saturated rings. The third-order valence-corrected chi connectivity index (χ3v) is 1.91. The zero-order chi connectivity index (χ0) is 8.39. The topological polar surface area (TPSA) is 17.1 Å². The van der Waals surface area contributed by atoms with Gasteiger partial charge in [0.1, 0.15) is 6.29 Å². The Morgan fingerprint density at radius 1 is 1.00 bits per heavy atom. The van der Waals surface area contributed by atoms with Crippen molar-refractivity contribution >= 4 is 17.1 Å². The van der Waals surface area contributed by atoms with Crippen LogP contribution in [0.2, 0.25) is 0 Å². The van der Waals surface area contributed by atoms with Crippen LogP contribution in [0.25, 0.3) is 10.8 Å². The fraction of sp³-hybridized carbons (Fsp3) is 0. The summed E-state index contributed by atoms with van der Waals surface area (Å²) in [5, 5.41) is 2.28. The Kier molecular flexibility index (Phi) is 3.67. The minimum Gasteiger partial charge on any atom is -1.00 e. The molecule has 0 aliphatic rings. The molecule has 2 heteroatoms. The molecule has 0 heterocycles. The molecule has 0 aliphatic carbocycles. The van der Waals surface area contributed by atoms with E-state index >= 15 is 0 Å². The first-order chi connectivity index (χ1) is 5.90. The Hall–Kier alpha value is -0.630. The number of fused-ring (bicyclic) bond motifs is 1. The second-order valence-electron chi connectivity index (χ2n) is 2.72. The molecular weight excluding hydrogens is 171 g/mol. The molecule has 0 bridgehead atoms. The predicted octanol–water partition coefficient (Wildman–Crippen LogP) is -0.231. The maximum absolute atomic E-state index is 10.5. The molecule has 0 radical (unpaired) electrons. The molecule has 60 valence electrons. The van der Waals surface area contributed by atoms with Gasteiger partial charge >= 0.3 is 29.6 Å². The number of benzene rings is 2. The third-order valence-electron chi connectivity index (χ3n) is 1.91. The predicted molar refractivity (Wildman–Crippen MR) is 50.4 cm³/mol. The number of aldehydes is 1. The van der Waals surface area contributed by atoms with Crippen LogP contribution in [-0.4, -0.2) is 6.29 Å². The van der Waals surface area contributed by atoms with Gasteiger partial charge in [0, 0.05) is 5.56 Å². The van der Waals surface area contributed by atoms with E-state index in [1.165, 1.54) is 5.39 Å². The Labute approximate surface area is 101 Å². The summed E-state index contributed by atoms with van der Waals surface area (Å²) in [5.41, 5.74) is 0.730. The van der Waals surface area contributed by atoms with Gasteiger partial charge in [0.25, 0.3) is 0 Å². The zero-order valence-electron chi connectivity index (χ0n) is 8.53. The number of hydrogen-bond donors (Lipinski definition) is 0. The summed E-state index contributed by atoms with van der Waals surface area (Å²) in [5.74, 6) is 0. The molecule has 13 heavy (non-hydrogen) atoms. The number of hydrogen-bond acceptors (Lipinski definition) is 1. The van der Waals surface area contributed by atoms with Crippen molar-refractivity contribution in [2.24, 2.45) is 0 Å². The first-order valence-corrected chi connectivity index (χ1v) is 3.84. The van der Waals surface area contributed by atoms with Gasteiger partial charge in [-0.15, -0.1) is 0 Å². The van der Waals surface area contributed by atoms with Gasteiger partial charge in [-0.3, -0.25) is 4.79 Å². The van der Waals surface area contributed by atoms with Crippen molar-refractivity contribution in [1.82, 2.24) is 0 Å². The van der Waals surface area contributed by atoms with Crippen molar-refractivity contribution in [2.45, 2.75) is 0 Å². The van der Waals surface area contributed by atoms with Crippen molar-refractivity contribution in [3.05, 3.63) is 48.0 Å². The smallest absolute Gasteiger partial charge is 1.00 e. The molecule has 0 N–H and O–H groups in total. The fourth-order valence-electron chi connectivity index (χ4n) is 1.28. The normalized spacial score (nSPS) is 9.23. The summed E-state index contributed by atoms with van der Waals surface area (Å²) in [7, 11) is 0. The van der Waals surface area contributed by atoms with E-state index in [4.69, 9.17) is 0 Å². The van der Waals surface area contributed by atoms with Crippen molar-refractivity contribution in [3.63, 3.8) is 0 Å². The minimum atomic E-state index is 0. The van der Waals surface area contributed by atoms with Crippen molar-refractivity contribution in [3.8, 4) is 0 Å². The average molecular weight is 180 g/mol. The summed E-state index contributed by atoms with van der Waals surface area (Å²) >= 11 is 0. The minimum absolute atomic E-state index is 0. The standard InChI is InChI=1S/C11H8O.Na.H/c12-8-9-5-6-10-3-1-2-4-11(10)7-9;;/h1-8H;;/q;+1;-1. The monoisotopic (exact) mass is 180 g/mol. The number of carbonyl (C=O) groups is 1. The van der Waals surface area contributed by atoms with Gasteiger partial charge in [-0.1, -0.05) is 36.4 Å². The molecule has 0 saturated heterocycles. The van der Waals surface area contributed by atoms with E-state index in [0.29, 0.717) is 0 Å². The quantitative estimate of drug-likeness (QED) is 0.437. The fourth-order valence-corrected chi connectivity index (χ4v) is 1.28. The molecule has 2 aromatic rings. The van der Waals surface area contributed by atoms with E-state index < -0.39 is 0 Å². The molecule has 0 unspecified atom stereocenters. The van der Waals surface area contributed by atoms with E-state index in [9.17, 15) is 4.79 Å². The van der Waals surface area contributed by atoms with Gasteiger partial charge in [0.2, 0.25) is 0 Å². The summed E-state index contributed by atoms with van der Waals surface area (Å²) in [6, 6.07) is 13.7. The first-order valence-electron chi connectivity index (χ1n) is 3.84. The molecule has 0 saturated carbocycles. The molecule has 2 rings (SSSR count). The van der Waals surface area contributed by atoms with E-state index in [0.717, 1.165) is 17.2 Å². The van der Waals surface area contributed by atoms with Gasteiger partial charge < -0.3 is 1.43 Å². The van der Waals surface area contributed by atoms with E-state index in [1.54, 1.807) is 0 Å². The van der Waals surface area contributed by atoms with Gasteiger partial charge in [-0.05, 0) is 16.8 Å². The van der Waals surface area contributed by atoms with Crippen molar-refractivity contribution < 1.29 is 35.8 Å². The van der Waals surface area contributed by atoms with Crippen LogP contribution in [0.15, 0.2) is 42.5 Å². The maximum Gasteiger partial charge on any atom is 1.00 e. The Bertz CT molecular complexity index is 428. The maximum atomic E-state index is 10.5. The number of rotatable bonds is 1. The summed E-state index contributed by atoms with van der Waals surface area (Å²) < 4.78 is 0. The molecule has 0 aliphatic heterocycles. The van der Waals surface area contributed by atoms with Gasteiger partial charge in [-0.2, -0.15) is 0 Å². The molecule has 2 aromatic carbocycles. The number of carbonyl (C=O) groups excluding carboxylic acids is 1. The summed E-state index contributed by atoms with van der Waals surface area (Å²) in [6.45, 7) is 0. The molecule has 0 aromatic heterocycles. The Morgan fingerprint density at radius 3 is 2.38 bits per heavy atom. The Balaban J connectivity index is 0.000000845. The van der Waals surface area contributed by atoms with Gasteiger partial charge in [-0.25, -0.2) is 0 Å². The molecule has 1 nitrogen and oxygen atoms in total. The van der Waals surface area contributed by atoms with E-state index in [1.807, 2.05) is 42.5 Å². The molecule has 0 atom stereocenters. The van der Waals surface area contributed by atoms with Crippen LogP contribution in [0.4, 0.5) is 0 Å². The molecule has 0 spiro atoms. The van der Waals surface area contributed by atoms with Crippen LogP contribution in [0.3, 0.4) is 0 Å². The molecular formula is C11H9NaO. The van der Waals surface area contributed by atoms with E-state index in [-0.39, 0.29) is 31.0 Å². The summed E-state index contributed by atoms with van der Waals surface area (Å²) in [6.07, 6.45) is 0.867. The van der Waals surface area contributed by atoms with Gasteiger partial charge in [0.15, 0.2) is 0 Å². The largest absolute Gasteiger partial charge is 1.00 e. The second-order valence-corrected chi connectivity index (χ2v) is 2.72. The van der Waals surface area contributed by atoms with Crippen molar-refractivity contribution in [2.75, 3.05) is 0 Å². The van der Waals surface area contributed by atoms with Crippen LogP contribution in [0, 0.1) is 0 Å². The van der Waals surface area contributed by atoms with Gasteiger partial charge in [0.05, 0.1) is 0 Å². The van der Waals surface area contributed by atoms with Crippen LogP contribution >= 0.6 is 0 Å². The SMILES string of the molecule is O=Cc1ccc2ccccc2c1.[H-].[Na+]. The first kappa shape index (κ1) is 10.5. The second kappa shape index (κ2) is 4.56. The van der Waals surface area contributed by atoms with Crippen LogP contribution in [0.1, 0.15) is 11.8 Å². The van der Waals surface area contributed by atoms with Crippen LogP contribution in [0.5, 0.6) is 0 Å². The average Bonchev–Trinajstić information content (AvgIpc) is 2.17. The van der Waals surface area contributed by atoms with Crippen LogP contribution in [-0.2, 0) is 0 Å². The summed E-state index contributed by atoms with van der Waals surface area (Å²) in [4.78, 5) is 10.5. The van der Waals surface area contributed by atoms with Crippen LogP contribution < -0.4 is 29.6 Å².